The lowest BCUT2D eigenvalue weighted by Gasteiger charge is -2.10. The summed E-state index contributed by atoms with van der Waals surface area (Å²) in [6.07, 6.45) is 1.53. The molecule has 152 valence electrons. The third-order valence-electron chi connectivity index (χ3n) is 4.38. The second kappa shape index (κ2) is 8.11. The van der Waals surface area contributed by atoms with Crippen molar-refractivity contribution in [3.8, 4) is 17.4 Å². The number of nitrogens with one attached hydrogen (secondary N) is 2. The van der Waals surface area contributed by atoms with Gasteiger partial charge in [-0.05, 0) is 46.1 Å². The number of anilines is 1. The summed E-state index contributed by atoms with van der Waals surface area (Å²) in [6.45, 7) is 3.89. The maximum Gasteiger partial charge on any atom is 0.257 e. The molecule has 3 heterocycles. The van der Waals surface area contributed by atoms with Crippen molar-refractivity contribution in [2.24, 2.45) is 0 Å². The summed E-state index contributed by atoms with van der Waals surface area (Å²) in [5, 5.41) is 7.34. The van der Waals surface area contributed by atoms with Gasteiger partial charge >= 0.3 is 0 Å². The lowest BCUT2D eigenvalue weighted by molar-refractivity contribution is 0.102. The summed E-state index contributed by atoms with van der Waals surface area (Å²) in [5.74, 6) is 0.770. The van der Waals surface area contributed by atoms with Crippen molar-refractivity contribution in [2.45, 2.75) is 19.8 Å². The zero-order valence-electron chi connectivity index (χ0n) is 16.2. The summed E-state index contributed by atoms with van der Waals surface area (Å²) in [5.41, 5.74) is 1.26. The molecule has 0 saturated heterocycles. The Kier molecular flexibility index (Phi) is 5.37. The van der Waals surface area contributed by atoms with Crippen molar-refractivity contribution >= 4 is 27.7 Å². The Morgan fingerprint density at radius 2 is 2.00 bits per heavy atom. The number of aromatic amines is 1. The van der Waals surface area contributed by atoms with Crippen molar-refractivity contribution < 1.29 is 9.21 Å². The fourth-order valence-electron chi connectivity index (χ4n) is 2.86. The largest absolute Gasteiger partial charge is 0.463 e. The van der Waals surface area contributed by atoms with E-state index in [1.807, 2.05) is 19.9 Å². The highest BCUT2D eigenvalue weighted by atomic mass is 79.9. The number of halogens is 1. The van der Waals surface area contributed by atoms with Gasteiger partial charge in [-0.3, -0.25) is 14.6 Å². The quantitative estimate of drug-likeness (QED) is 0.453. The van der Waals surface area contributed by atoms with Gasteiger partial charge < -0.3 is 9.73 Å². The summed E-state index contributed by atoms with van der Waals surface area (Å²) in [6, 6.07) is 13.7. The number of aromatic nitrogens is 4. The molecular formula is C21H18BrN5O3. The van der Waals surface area contributed by atoms with Crippen LogP contribution in [0.25, 0.3) is 17.4 Å². The van der Waals surface area contributed by atoms with Gasteiger partial charge in [-0.1, -0.05) is 26.0 Å². The van der Waals surface area contributed by atoms with Gasteiger partial charge in [-0.25, -0.2) is 4.98 Å². The molecule has 0 bridgehead atoms. The minimum atomic E-state index is -0.336. The molecule has 0 aliphatic carbocycles. The van der Waals surface area contributed by atoms with Crippen LogP contribution in [0.5, 0.6) is 0 Å². The second-order valence-electron chi connectivity index (χ2n) is 6.89. The van der Waals surface area contributed by atoms with Gasteiger partial charge in [0, 0.05) is 16.6 Å². The SMILES string of the molecule is CC(C)c1cc(=O)[nH]c(-n2nc(-c3ccco3)cc2NC(=O)c2ccccc2Br)n1. The molecule has 0 saturated carbocycles. The minimum Gasteiger partial charge on any atom is -0.463 e. The summed E-state index contributed by atoms with van der Waals surface area (Å²) in [4.78, 5) is 32.2. The van der Waals surface area contributed by atoms with E-state index in [9.17, 15) is 9.59 Å². The van der Waals surface area contributed by atoms with E-state index in [-0.39, 0.29) is 23.3 Å². The summed E-state index contributed by atoms with van der Waals surface area (Å²) < 4.78 is 7.48. The standard InChI is InChI=1S/C21H18BrN5O3/c1-12(2)15-11-19(28)25-21(23-15)27-18(10-16(26-27)17-8-5-9-30-17)24-20(29)13-6-3-4-7-14(13)22/h3-12H,1-2H3,(H,24,29)(H,23,25,28). The third kappa shape index (κ3) is 3.97. The average molecular weight is 468 g/mol. The van der Waals surface area contributed by atoms with Crippen LogP contribution in [0.4, 0.5) is 5.82 Å². The lowest BCUT2D eigenvalue weighted by atomic mass is 10.1. The number of benzene rings is 1. The second-order valence-corrected chi connectivity index (χ2v) is 7.74. The third-order valence-corrected chi connectivity index (χ3v) is 5.08. The molecule has 4 rings (SSSR count). The fraction of sp³-hybridized carbons (Fsp3) is 0.143. The molecule has 1 amide bonds. The number of H-pyrrole nitrogens is 1. The predicted octanol–water partition coefficient (Wildman–Crippen LogP) is 4.35. The van der Waals surface area contributed by atoms with Crippen molar-refractivity contribution in [2.75, 3.05) is 5.32 Å². The number of amides is 1. The molecule has 4 aromatic rings. The highest BCUT2D eigenvalue weighted by Gasteiger charge is 2.19. The van der Waals surface area contributed by atoms with Crippen LogP contribution < -0.4 is 10.9 Å². The Balaban J connectivity index is 1.81. The molecule has 1 aromatic carbocycles. The first-order valence-corrected chi connectivity index (χ1v) is 10.0. The number of hydrogen-bond donors (Lipinski definition) is 2. The molecule has 0 fully saturated rings. The molecule has 0 spiro atoms. The number of nitrogens with zero attached hydrogens (tertiary/aromatic N) is 3. The Morgan fingerprint density at radius 1 is 1.20 bits per heavy atom. The fourth-order valence-corrected chi connectivity index (χ4v) is 3.33. The number of furan rings is 1. The lowest BCUT2D eigenvalue weighted by Crippen LogP contribution is -2.19. The van der Waals surface area contributed by atoms with E-state index < -0.39 is 0 Å². The highest BCUT2D eigenvalue weighted by molar-refractivity contribution is 9.10. The van der Waals surface area contributed by atoms with Crippen LogP contribution in [-0.4, -0.2) is 25.7 Å². The Labute approximate surface area is 180 Å². The molecule has 8 nitrogen and oxygen atoms in total. The Morgan fingerprint density at radius 3 is 2.70 bits per heavy atom. The van der Waals surface area contributed by atoms with E-state index in [2.05, 4.69) is 36.3 Å². The number of carbonyl (C=O) groups is 1. The zero-order valence-corrected chi connectivity index (χ0v) is 17.8. The number of hydrogen-bond acceptors (Lipinski definition) is 5. The van der Waals surface area contributed by atoms with E-state index in [4.69, 9.17) is 4.42 Å². The molecule has 30 heavy (non-hydrogen) atoms. The molecule has 0 unspecified atom stereocenters. The maximum atomic E-state index is 12.9. The van der Waals surface area contributed by atoms with Gasteiger partial charge in [0.15, 0.2) is 5.76 Å². The van der Waals surface area contributed by atoms with Crippen molar-refractivity contribution in [3.63, 3.8) is 0 Å². The first-order chi connectivity index (χ1) is 14.4. The average Bonchev–Trinajstić information content (AvgIpc) is 3.37. The van der Waals surface area contributed by atoms with Crippen molar-refractivity contribution in [1.82, 2.24) is 19.7 Å². The van der Waals surface area contributed by atoms with Crippen LogP contribution in [-0.2, 0) is 0 Å². The number of carbonyl (C=O) groups excluding carboxylic acids is 1. The molecule has 2 N–H and O–H groups in total. The normalized spacial score (nSPS) is 11.1. The Hall–Kier alpha value is -3.46. The van der Waals surface area contributed by atoms with Crippen molar-refractivity contribution in [3.05, 3.63) is 80.9 Å². The van der Waals surface area contributed by atoms with Crippen LogP contribution in [0, 0.1) is 0 Å². The zero-order chi connectivity index (χ0) is 21.3. The van der Waals surface area contributed by atoms with Gasteiger partial charge in [0.05, 0.1) is 17.5 Å². The molecule has 9 heteroatoms. The summed E-state index contributed by atoms with van der Waals surface area (Å²) in [7, 11) is 0. The van der Waals surface area contributed by atoms with Crippen LogP contribution in [0.1, 0.15) is 35.8 Å². The van der Waals surface area contributed by atoms with Gasteiger partial charge in [-0.2, -0.15) is 9.78 Å². The van der Waals surface area contributed by atoms with Crippen LogP contribution >= 0.6 is 15.9 Å². The molecule has 0 aliphatic heterocycles. The van der Waals surface area contributed by atoms with Crippen molar-refractivity contribution in [1.29, 1.82) is 0 Å². The first kappa shape index (κ1) is 19.8. The van der Waals surface area contributed by atoms with Crippen LogP contribution in [0.3, 0.4) is 0 Å². The number of rotatable bonds is 5. The van der Waals surface area contributed by atoms with E-state index in [1.54, 1.807) is 36.4 Å². The maximum absolute atomic E-state index is 12.9. The van der Waals surface area contributed by atoms with E-state index >= 15 is 0 Å². The minimum absolute atomic E-state index is 0.0458. The molecule has 3 aromatic heterocycles. The molecule has 0 radical (unpaired) electrons. The van der Waals surface area contributed by atoms with Crippen LogP contribution in [0.15, 0.2) is 68.5 Å². The molecular weight excluding hydrogens is 450 g/mol. The van der Waals surface area contributed by atoms with Gasteiger partial charge in [-0.15, -0.1) is 0 Å². The monoisotopic (exact) mass is 467 g/mol. The highest BCUT2D eigenvalue weighted by Crippen LogP contribution is 2.25. The molecule has 0 aliphatic rings. The first-order valence-electron chi connectivity index (χ1n) is 9.24. The Bertz CT molecular complexity index is 1260. The van der Waals surface area contributed by atoms with Gasteiger partial charge in [0.1, 0.15) is 11.5 Å². The predicted molar refractivity (Wildman–Crippen MR) is 116 cm³/mol. The van der Waals surface area contributed by atoms with Crippen LogP contribution in [0.2, 0.25) is 0 Å². The topological polar surface area (TPSA) is 106 Å². The van der Waals surface area contributed by atoms with E-state index in [1.165, 1.54) is 17.0 Å². The van der Waals surface area contributed by atoms with E-state index in [0.717, 1.165) is 0 Å². The van der Waals surface area contributed by atoms with Gasteiger partial charge in [0.25, 0.3) is 11.5 Å². The van der Waals surface area contributed by atoms with E-state index in [0.29, 0.717) is 33.0 Å². The molecule has 0 atom stereocenters. The smallest absolute Gasteiger partial charge is 0.257 e. The van der Waals surface area contributed by atoms with Gasteiger partial charge in [0.2, 0.25) is 5.95 Å². The summed E-state index contributed by atoms with van der Waals surface area (Å²) >= 11 is 3.39.